The van der Waals surface area contributed by atoms with Gasteiger partial charge < -0.3 is 14.6 Å². The molecule has 0 spiro atoms. The van der Waals surface area contributed by atoms with E-state index >= 15 is 0 Å². The Hall–Kier alpha value is -2.17. The summed E-state index contributed by atoms with van der Waals surface area (Å²) in [5.74, 6) is -0.629. The van der Waals surface area contributed by atoms with E-state index in [0.29, 0.717) is 9.56 Å². The van der Waals surface area contributed by atoms with Crippen LogP contribution in [-0.2, 0) is 27.7 Å². The maximum absolute atomic E-state index is 13.0. The Kier molecular flexibility index (Phi) is 5.99. The lowest BCUT2D eigenvalue weighted by molar-refractivity contribution is -0.131. The molecule has 1 aliphatic carbocycles. The van der Waals surface area contributed by atoms with E-state index in [1.54, 1.807) is 23.1 Å². The van der Waals surface area contributed by atoms with Crippen molar-refractivity contribution in [2.75, 3.05) is 32.7 Å². The highest BCUT2D eigenvalue weighted by Gasteiger charge is 2.31. The molecule has 10 heteroatoms. The Morgan fingerprint density at radius 1 is 1.03 bits per heavy atom. The molecule has 160 valence electrons. The molecule has 8 nitrogen and oxygen atoms in total. The second kappa shape index (κ2) is 8.52. The van der Waals surface area contributed by atoms with E-state index in [-0.39, 0.29) is 44.4 Å². The zero-order valence-electron chi connectivity index (χ0n) is 16.3. The van der Waals surface area contributed by atoms with Crippen LogP contribution in [0.15, 0.2) is 44.3 Å². The average molecular weight is 496 g/mol. The standard InChI is InChI=1S/C20H22BrN3O5S/c21-18-7-6-17(29-18)20(26)22-13-19(25)23-8-10-24(11-9-23)30(27,28)16-5-4-14-2-1-3-15(14)12-16/h4-7,12H,1-3,8-11,13H2,(H,22,26). The molecule has 1 aromatic carbocycles. The minimum Gasteiger partial charge on any atom is -0.444 e. The van der Waals surface area contributed by atoms with Crippen LogP contribution in [0.2, 0.25) is 0 Å². The Morgan fingerprint density at radius 2 is 1.77 bits per heavy atom. The summed E-state index contributed by atoms with van der Waals surface area (Å²) >= 11 is 3.12. The van der Waals surface area contributed by atoms with Crippen LogP contribution >= 0.6 is 15.9 Å². The highest BCUT2D eigenvalue weighted by molar-refractivity contribution is 9.10. The first kappa shape index (κ1) is 21.1. The van der Waals surface area contributed by atoms with E-state index in [0.717, 1.165) is 24.8 Å². The van der Waals surface area contributed by atoms with Crippen molar-refractivity contribution in [1.29, 1.82) is 0 Å². The Bertz CT molecular complexity index is 1070. The Labute approximate surface area is 183 Å². The van der Waals surface area contributed by atoms with Gasteiger partial charge in [-0.1, -0.05) is 6.07 Å². The fourth-order valence-corrected chi connectivity index (χ4v) is 5.61. The molecular formula is C20H22BrN3O5S. The molecule has 2 aliphatic rings. The maximum Gasteiger partial charge on any atom is 0.287 e. The zero-order chi connectivity index (χ0) is 21.3. The third kappa shape index (κ3) is 4.30. The highest BCUT2D eigenvalue weighted by atomic mass is 79.9. The molecule has 2 amide bonds. The molecule has 0 radical (unpaired) electrons. The smallest absolute Gasteiger partial charge is 0.287 e. The number of hydrogen-bond donors (Lipinski definition) is 1. The number of carbonyl (C=O) groups is 2. The number of nitrogens with one attached hydrogen (secondary N) is 1. The summed E-state index contributed by atoms with van der Waals surface area (Å²) in [4.78, 5) is 26.3. The first-order valence-corrected chi connectivity index (χ1v) is 12.0. The van der Waals surface area contributed by atoms with E-state index in [1.165, 1.54) is 15.9 Å². The topological polar surface area (TPSA) is 99.9 Å². The van der Waals surface area contributed by atoms with Crippen molar-refractivity contribution in [3.8, 4) is 0 Å². The molecule has 1 aliphatic heterocycles. The Morgan fingerprint density at radius 3 is 2.47 bits per heavy atom. The maximum atomic E-state index is 13.0. The molecule has 1 fully saturated rings. The minimum atomic E-state index is -3.58. The van der Waals surface area contributed by atoms with Gasteiger partial charge in [-0.2, -0.15) is 4.31 Å². The molecule has 2 heterocycles. The SMILES string of the molecule is O=C(NCC(=O)N1CCN(S(=O)(=O)c2ccc3c(c2)CCC3)CC1)c1ccc(Br)o1. The van der Waals surface area contributed by atoms with Gasteiger partial charge in [0.15, 0.2) is 10.4 Å². The monoisotopic (exact) mass is 495 g/mol. The number of furan rings is 1. The number of halogens is 1. The third-order valence-corrected chi connectivity index (χ3v) is 7.82. The number of hydrogen-bond acceptors (Lipinski definition) is 5. The van der Waals surface area contributed by atoms with E-state index in [9.17, 15) is 18.0 Å². The normalized spacial score (nSPS) is 17.0. The van der Waals surface area contributed by atoms with Crippen molar-refractivity contribution in [3.05, 3.63) is 51.9 Å². The van der Waals surface area contributed by atoms with Crippen molar-refractivity contribution >= 4 is 37.8 Å². The van der Waals surface area contributed by atoms with Crippen LogP contribution in [-0.4, -0.2) is 62.2 Å². The average Bonchev–Trinajstić information content (AvgIpc) is 3.40. The number of rotatable bonds is 5. The number of piperazine rings is 1. The lowest BCUT2D eigenvalue weighted by atomic mass is 10.1. The molecule has 1 N–H and O–H groups in total. The van der Waals surface area contributed by atoms with Gasteiger partial charge in [0.1, 0.15) is 0 Å². The van der Waals surface area contributed by atoms with Crippen molar-refractivity contribution in [2.24, 2.45) is 0 Å². The second-order valence-corrected chi connectivity index (χ2v) is 10.1. The van der Waals surface area contributed by atoms with Crippen LogP contribution in [0.5, 0.6) is 0 Å². The van der Waals surface area contributed by atoms with Crippen LogP contribution in [0.25, 0.3) is 0 Å². The molecule has 0 bridgehead atoms. The van der Waals surface area contributed by atoms with Gasteiger partial charge in [-0.3, -0.25) is 9.59 Å². The molecule has 2 aromatic rings. The van der Waals surface area contributed by atoms with E-state index < -0.39 is 15.9 Å². The minimum absolute atomic E-state index is 0.111. The molecule has 0 saturated carbocycles. The summed E-state index contributed by atoms with van der Waals surface area (Å²) in [6.45, 7) is 0.847. The number of aryl methyl sites for hydroxylation is 2. The molecule has 0 atom stereocenters. The molecule has 1 aromatic heterocycles. The highest BCUT2D eigenvalue weighted by Crippen LogP contribution is 2.26. The predicted molar refractivity (Wildman–Crippen MR) is 113 cm³/mol. The predicted octanol–water partition coefficient (Wildman–Crippen LogP) is 1.79. The van der Waals surface area contributed by atoms with Crippen LogP contribution in [0.3, 0.4) is 0 Å². The summed E-state index contributed by atoms with van der Waals surface area (Å²) in [7, 11) is -3.58. The summed E-state index contributed by atoms with van der Waals surface area (Å²) in [5.41, 5.74) is 2.34. The van der Waals surface area contributed by atoms with Crippen molar-refractivity contribution in [2.45, 2.75) is 24.2 Å². The van der Waals surface area contributed by atoms with E-state index in [4.69, 9.17) is 4.42 Å². The van der Waals surface area contributed by atoms with Gasteiger partial charge in [-0.15, -0.1) is 0 Å². The third-order valence-electron chi connectivity index (χ3n) is 5.50. The molecule has 1 saturated heterocycles. The van der Waals surface area contributed by atoms with Gasteiger partial charge in [-0.25, -0.2) is 8.42 Å². The summed E-state index contributed by atoms with van der Waals surface area (Å²) in [5, 5.41) is 2.52. The fraction of sp³-hybridized carbons (Fsp3) is 0.400. The van der Waals surface area contributed by atoms with E-state index in [1.807, 2.05) is 6.07 Å². The summed E-state index contributed by atoms with van der Waals surface area (Å²) in [6, 6.07) is 8.48. The number of sulfonamides is 1. The largest absolute Gasteiger partial charge is 0.444 e. The van der Waals surface area contributed by atoms with Crippen LogP contribution in [0, 0.1) is 0 Å². The quantitative estimate of drug-likeness (QED) is 0.681. The molecular weight excluding hydrogens is 474 g/mol. The van der Waals surface area contributed by atoms with Crippen LogP contribution < -0.4 is 5.32 Å². The van der Waals surface area contributed by atoms with Gasteiger partial charge in [0.25, 0.3) is 5.91 Å². The van der Waals surface area contributed by atoms with Gasteiger partial charge in [0, 0.05) is 26.2 Å². The Balaban J connectivity index is 1.32. The summed E-state index contributed by atoms with van der Waals surface area (Å²) in [6.07, 6.45) is 2.99. The molecule has 30 heavy (non-hydrogen) atoms. The van der Waals surface area contributed by atoms with Crippen LogP contribution in [0.1, 0.15) is 28.1 Å². The lowest BCUT2D eigenvalue weighted by Gasteiger charge is -2.34. The van der Waals surface area contributed by atoms with Gasteiger partial charge >= 0.3 is 0 Å². The number of carbonyl (C=O) groups excluding carboxylic acids is 2. The molecule has 0 unspecified atom stereocenters. The second-order valence-electron chi connectivity index (χ2n) is 7.36. The van der Waals surface area contributed by atoms with Gasteiger partial charge in [0.05, 0.1) is 11.4 Å². The summed E-state index contributed by atoms with van der Waals surface area (Å²) < 4.78 is 33.0. The zero-order valence-corrected chi connectivity index (χ0v) is 18.7. The number of nitrogens with zero attached hydrogens (tertiary/aromatic N) is 2. The van der Waals surface area contributed by atoms with E-state index in [2.05, 4.69) is 21.2 Å². The van der Waals surface area contributed by atoms with Gasteiger partial charge in [-0.05, 0) is 70.6 Å². The van der Waals surface area contributed by atoms with Gasteiger partial charge in [0.2, 0.25) is 15.9 Å². The van der Waals surface area contributed by atoms with Crippen molar-refractivity contribution < 1.29 is 22.4 Å². The van der Waals surface area contributed by atoms with Crippen LogP contribution in [0.4, 0.5) is 0 Å². The lowest BCUT2D eigenvalue weighted by Crippen LogP contribution is -2.52. The first-order chi connectivity index (χ1) is 14.3. The number of fused-ring (bicyclic) bond motifs is 1. The fourth-order valence-electron chi connectivity index (χ4n) is 3.83. The van der Waals surface area contributed by atoms with Crippen molar-refractivity contribution in [3.63, 3.8) is 0 Å². The molecule has 4 rings (SSSR count). The van der Waals surface area contributed by atoms with Crippen molar-refractivity contribution in [1.82, 2.24) is 14.5 Å². The first-order valence-electron chi connectivity index (χ1n) is 9.78. The number of amides is 2. The number of benzene rings is 1.